The van der Waals surface area contributed by atoms with Gasteiger partial charge in [-0.3, -0.25) is 0 Å². The van der Waals surface area contributed by atoms with Crippen LogP contribution in [0.25, 0.3) is 0 Å². The fourth-order valence-corrected chi connectivity index (χ4v) is 2.92. The summed E-state index contributed by atoms with van der Waals surface area (Å²) in [6, 6.07) is 7.85. The quantitative estimate of drug-likeness (QED) is 0.904. The van der Waals surface area contributed by atoms with E-state index < -0.39 is 0 Å². The highest BCUT2D eigenvalue weighted by atomic mass is 16.5. The number of rotatable bonds is 5. The fraction of sp³-hybridized carbons (Fsp3) is 0.500. The van der Waals surface area contributed by atoms with E-state index in [1.807, 2.05) is 38.1 Å². The molecule has 1 saturated heterocycles. The second kappa shape index (κ2) is 7.47. The molecule has 2 heterocycles. The van der Waals surface area contributed by atoms with Crippen LogP contribution in [0.4, 0.5) is 17.5 Å². The second-order valence-electron chi connectivity index (χ2n) is 6.62. The van der Waals surface area contributed by atoms with Gasteiger partial charge in [-0.25, -0.2) is 0 Å². The first kappa shape index (κ1) is 16.5. The van der Waals surface area contributed by atoms with Crippen molar-refractivity contribution in [1.82, 2.24) is 15.2 Å². The number of para-hydroxylation sites is 2. The Hall–Kier alpha value is -2.37. The molecule has 1 atom stereocenters. The molecule has 24 heavy (non-hydrogen) atoms. The van der Waals surface area contributed by atoms with Crippen LogP contribution >= 0.6 is 0 Å². The normalized spacial score (nSPS) is 17.8. The minimum Gasteiger partial charge on any atom is -0.489 e. The Balaban J connectivity index is 1.78. The zero-order valence-corrected chi connectivity index (χ0v) is 14.6. The van der Waals surface area contributed by atoms with Crippen molar-refractivity contribution in [3.63, 3.8) is 0 Å². The number of nitrogens with zero attached hydrogens (tertiary/aromatic N) is 4. The fourth-order valence-electron chi connectivity index (χ4n) is 2.92. The molecule has 3 rings (SSSR count). The molecule has 1 fully saturated rings. The maximum Gasteiger partial charge on any atom is 0.247 e. The van der Waals surface area contributed by atoms with Crippen molar-refractivity contribution in [3.8, 4) is 5.75 Å². The maximum absolute atomic E-state index is 5.84. The highest BCUT2D eigenvalue weighted by Crippen LogP contribution is 2.28. The minimum atomic E-state index is 0.113. The molecule has 1 aliphatic rings. The number of aromatic nitrogens is 3. The molecular formula is C18H25N5O. The van der Waals surface area contributed by atoms with E-state index in [4.69, 9.17) is 4.74 Å². The van der Waals surface area contributed by atoms with Crippen LogP contribution in [0.2, 0.25) is 0 Å². The molecule has 1 aromatic heterocycles. The first-order valence-corrected chi connectivity index (χ1v) is 8.59. The Kier molecular flexibility index (Phi) is 5.13. The number of piperidine rings is 1. The lowest BCUT2D eigenvalue weighted by molar-refractivity contribution is 0.244. The van der Waals surface area contributed by atoms with Crippen LogP contribution in [0.1, 0.15) is 33.6 Å². The predicted molar refractivity (Wildman–Crippen MR) is 95.9 cm³/mol. The molecule has 1 aromatic carbocycles. The summed E-state index contributed by atoms with van der Waals surface area (Å²) in [5.74, 6) is 2.84. The van der Waals surface area contributed by atoms with Crippen molar-refractivity contribution in [3.05, 3.63) is 30.5 Å². The zero-order chi connectivity index (χ0) is 16.9. The molecule has 2 aromatic rings. The lowest BCUT2D eigenvalue weighted by atomic mass is 10.0. The van der Waals surface area contributed by atoms with E-state index in [1.165, 1.54) is 12.8 Å². The maximum atomic E-state index is 5.84. The Morgan fingerprint density at radius 1 is 1.29 bits per heavy atom. The highest BCUT2D eigenvalue weighted by molar-refractivity contribution is 5.64. The SMILES string of the molecule is CC1CCCN(c2nncc(Nc3ccccc3OC(C)C)n2)C1. The largest absolute Gasteiger partial charge is 0.489 e. The number of benzene rings is 1. The van der Waals surface area contributed by atoms with Crippen LogP contribution in [-0.2, 0) is 0 Å². The van der Waals surface area contributed by atoms with E-state index in [2.05, 4.69) is 32.3 Å². The van der Waals surface area contributed by atoms with Crippen LogP contribution in [0.5, 0.6) is 5.75 Å². The van der Waals surface area contributed by atoms with Crippen molar-refractivity contribution < 1.29 is 4.74 Å². The summed E-state index contributed by atoms with van der Waals surface area (Å²) in [6.07, 6.45) is 4.19. The van der Waals surface area contributed by atoms with Gasteiger partial charge in [-0.05, 0) is 44.7 Å². The Bertz CT molecular complexity index is 676. The summed E-state index contributed by atoms with van der Waals surface area (Å²) < 4.78 is 5.84. The third-order valence-electron chi connectivity index (χ3n) is 4.00. The number of hydrogen-bond acceptors (Lipinski definition) is 6. The predicted octanol–water partition coefficient (Wildman–Crippen LogP) is 3.64. The lowest BCUT2D eigenvalue weighted by Gasteiger charge is -2.30. The van der Waals surface area contributed by atoms with Gasteiger partial charge in [-0.2, -0.15) is 10.1 Å². The Morgan fingerprint density at radius 2 is 2.12 bits per heavy atom. The molecule has 0 bridgehead atoms. The molecule has 1 aliphatic heterocycles. The number of nitrogens with one attached hydrogen (secondary N) is 1. The van der Waals surface area contributed by atoms with Crippen LogP contribution in [0.15, 0.2) is 30.5 Å². The molecule has 128 valence electrons. The van der Waals surface area contributed by atoms with Gasteiger partial charge in [0.1, 0.15) is 5.75 Å². The third-order valence-corrected chi connectivity index (χ3v) is 4.00. The average Bonchev–Trinajstić information content (AvgIpc) is 2.56. The van der Waals surface area contributed by atoms with Crippen LogP contribution < -0.4 is 15.0 Å². The molecule has 0 spiro atoms. The monoisotopic (exact) mass is 327 g/mol. The lowest BCUT2D eigenvalue weighted by Crippen LogP contribution is -2.35. The van der Waals surface area contributed by atoms with E-state index in [9.17, 15) is 0 Å². The van der Waals surface area contributed by atoms with Gasteiger partial charge in [-0.1, -0.05) is 19.1 Å². The molecule has 1 N–H and O–H groups in total. The van der Waals surface area contributed by atoms with Gasteiger partial charge in [0.25, 0.3) is 0 Å². The van der Waals surface area contributed by atoms with E-state index >= 15 is 0 Å². The molecule has 1 unspecified atom stereocenters. The van der Waals surface area contributed by atoms with Crippen molar-refractivity contribution in [2.45, 2.75) is 39.7 Å². The molecular weight excluding hydrogens is 302 g/mol. The summed E-state index contributed by atoms with van der Waals surface area (Å²) in [7, 11) is 0. The first-order valence-electron chi connectivity index (χ1n) is 8.59. The number of anilines is 3. The second-order valence-corrected chi connectivity index (χ2v) is 6.62. The van der Waals surface area contributed by atoms with Crippen molar-refractivity contribution >= 4 is 17.5 Å². The molecule has 0 saturated carbocycles. The molecule has 6 nitrogen and oxygen atoms in total. The summed E-state index contributed by atoms with van der Waals surface area (Å²) >= 11 is 0. The highest BCUT2D eigenvalue weighted by Gasteiger charge is 2.19. The summed E-state index contributed by atoms with van der Waals surface area (Å²) in [4.78, 5) is 6.84. The summed E-state index contributed by atoms with van der Waals surface area (Å²) in [5.41, 5.74) is 0.879. The Morgan fingerprint density at radius 3 is 2.92 bits per heavy atom. The van der Waals surface area contributed by atoms with Crippen LogP contribution in [0, 0.1) is 5.92 Å². The van der Waals surface area contributed by atoms with Gasteiger partial charge in [0.2, 0.25) is 5.95 Å². The molecule has 0 radical (unpaired) electrons. The van der Waals surface area contributed by atoms with E-state index in [0.717, 1.165) is 24.5 Å². The van der Waals surface area contributed by atoms with Crippen molar-refractivity contribution in [1.29, 1.82) is 0 Å². The summed E-state index contributed by atoms with van der Waals surface area (Å²) in [5, 5.41) is 11.6. The standard InChI is InChI=1S/C18H25N5O/c1-13(2)24-16-9-5-4-8-15(16)20-17-11-19-22-18(21-17)23-10-6-7-14(3)12-23/h4-5,8-9,11,13-14H,6-7,10,12H2,1-3H3,(H,20,21,22). The third kappa shape index (κ3) is 4.13. The molecule has 0 amide bonds. The van der Waals surface area contributed by atoms with Gasteiger partial charge in [0.15, 0.2) is 5.82 Å². The summed E-state index contributed by atoms with van der Waals surface area (Å²) in [6.45, 7) is 8.26. The zero-order valence-electron chi connectivity index (χ0n) is 14.6. The number of hydrogen-bond donors (Lipinski definition) is 1. The van der Waals surface area contributed by atoms with E-state index in [1.54, 1.807) is 6.20 Å². The van der Waals surface area contributed by atoms with Gasteiger partial charge < -0.3 is 15.0 Å². The van der Waals surface area contributed by atoms with Crippen LogP contribution in [-0.4, -0.2) is 34.4 Å². The van der Waals surface area contributed by atoms with Gasteiger partial charge >= 0.3 is 0 Å². The van der Waals surface area contributed by atoms with Gasteiger partial charge in [-0.15, -0.1) is 5.10 Å². The minimum absolute atomic E-state index is 0.113. The van der Waals surface area contributed by atoms with E-state index in [-0.39, 0.29) is 6.10 Å². The first-order chi connectivity index (χ1) is 11.6. The number of ether oxygens (including phenoxy) is 1. The smallest absolute Gasteiger partial charge is 0.247 e. The van der Waals surface area contributed by atoms with Crippen LogP contribution in [0.3, 0.4) is 0 Å². The van der Waals surface area contributed by atoms with Gasteiger partial charge in [0, 0.05) is 13.1 Å². The van der Waals surface area contributed by atoms with Crippen molar-refractivity contribution in [2.24, 2.45) is 5.92 Å². The van der Waals surface area contributed by atoms with E-state index in [0.29, 0.717) is 17.7 Å². The van der Waals surface area contributed by atoms with Crippen molar-refractivity contribution in [2.75, 3.05) is 23.3 Å². The molecule has 0 aliphatic carbocycles. The molecule has 6 heteroatoms. The topological polar surface area (TPSA) is 63.2 Å². The van der Waals surface area contributed by atoms with Gasteiger partial charge in [0.05, 0.1) is 18.0 Å². The Labute approximate surface area is 143 Å². The average molecular weight is 327 g/mol.